The minimum atomic E-state index is -0.254. The largest absolute Gasteiger partial charge is 0.504 e. The summed E-state index contributed by atoms with van der Waals surface area (Å²) in [6, 6.07) is 19.8. The van der Waals surface area contributed by atoms with Crippen molar-refractivity contribution in [2.45, 2.75) is 6.92 Å². The molecule has 6 nitrogen and oxygen atoms in total. The van der Waals surface area contributed by atoms with Crippen molar-refractivity contribution in [2.75, 3.05) is 7.11 Å². The summed E-state index contributed by atoms with van der Waals surface area (Å²) in [7, 11) is 1.48. The molecule has 3 aromatic carbocycles. The van der Waals surface area contributed by atoms with Crippen molar-refractivity contribution in [1.29, 1.82) is 0 Å². The Bertz CT molecular complexity index is 1290. The summed E-state index contributed by atoms with van der Waals surface area (Å²) < 4.78 is 6.44. The Labute approximate surface area is 167 Å². The molecule has 144 valence electrons. The Kier molecular flexibility index (Phi) is 4.83. The van der Waals surface area contributed by atoms with Gasteiger partial charge in [-0.05, 0) is 48.4 Å². The summed E-state index contributed by atoms with van der Waals surface area (Å²) >= 11 is 0. The van der Waals surface area contributed by atoms with Crippen LogP contribution in [0.15, 0.2) is 76.6 Å². The van der Waals surface area contributed by atoms with E-state index in [1.54, 1.807) is 30.5 Å². The number of hydrogen-bond donors (Lipinski definition) is 1. The van der Waals surface area contributed by atoms with Crippen molar-refractivity contribution in [3.05, 3.63) is 88.2 Å². The molecule has 0 saturated heterocycles. The average molecular weight is 385 g/mol. The molecule has 0 atom stereocenters. The van der Waals surface area contributed by atoms with E-state index in [-0.39, 0.29) is 11.3 Å². The monoisotopic (exact) mass is 385 g/mol. The minimum Gasteiger partial charge on any atom is -0.504 e. The number of aryl methyl sites for hydroxylation is 1. The molecule has 0 spiro atoms. The van der Waals surface area contributed by atoms with Crippen LogP contribution in [0.2, 0.25) is 0 Å². The van der Waals surface area contributed by atoms with Crippen LogP contribution >= 0.6 is 0 Å². The van der Waals surface area contributed by atoms with E-state index in [9.17, 15) is 9.90 Å². The third-order valence-electron chi connectivity index (χ3n) is 4.67. The molecule has 0 radical (unpaired) electrons. The van der Waals surface area contributed by atoms with E-state index in [0.717, 1.165) is 11.1 Å². The number of phenols is 1. The van der Waals surface area contributed by atoms with Gasteiger partial charge in [0.25, 0.3) is 5.56 Å². The van der Waals surface area contributed by atoms with Crippen LogP contribution in [-0.2, 0) is 0 Å². The highest BCUT2D eigenvalue weighted by atomic mass is 16.5. The Morgan fingerprint density at radius 1 is 1.07 bits per heavy atom. The third kappa shape index (κ3) is 3.48. The van der Waals surface area contributed by atoms with Gasteiger partial charge in [0.15, 0.2) is 17.3 Å². The molecular formula is C23H19N3O3. The lowest BCUT2D eigenvalue weighted by atomic mass is 10.1. The fourth-order valence-corrected chi connectivity index (χ4v) is 3.13. The predicted molar refractivity (Wildman–Crippen MR) is 114 cm³/mol. The Morgan fingerprint density at radius 3 is 2.62 bits per heavy atom. The zero-order chi connectivity index (χ0) is 20.4. The van der Waals surface area contributed by atoms with Crippen molar-refractivity contribution in [3.8, 4) is 22.9 Å². The lowest BCUT2D eigenvalue weighted by Crippen LogP contribution is -2.20. The van der Waals surface area contributed by atoms with Gasteiger partial charge in [-0.1, -0.05) is 36.4 Å². The summed E-state index contributed by atoms with van der Waals surface area (Å²) in [5, 5.41) is 14.7. The first-order valence-corrected chi connectivity index (χ1v) is 9.07. The molecule has 0 unspecified atom stereocenters. The van der Waals surface area contributed by atoms with Crippen LogP contribution in [-0.4, -0.2) is 28.1 Å². The van der Waals surface area contributed by atoms with Gasteiger partial charge in [0.05, 0.1) is 24.2 Å². The number of phenolic OH excluding ortho intramolecular Hbond substituents is 1. The molecular weight excluding hydrogens is 366 g/mol. The number of rotatable bonds is 4. The smallest absolute Gasteiger partial charge is 0.282 e. The van der Waals surface area contributed by atoms with Crippen molar-refractivity contribution in [2.24, 2.45) is 5.10 Å². The van der Waals surface area contributed by atoms with Crippen molar-refractivity contribution in [3.63, 3.8) is 0 Å². The van der Waals surface area contributed by atoms with Crippen molar-refractivity contribution < 1.29 is 9.84 Å². The molecule has 1 aromatic heterocycles. The van der Waals surface area contributed by atoms with Gasteiger partial charge >= 0.3 is 0 Å². The normalized spacial score (nSPS) is 11.2. The van der Waals surface area contributed by atoms with Crippen LogP contribution < -0.4 is 10.3 Å². The maximum atomic E-state index is 13.2. The van der Waals surface area contributed by atoms with E-state index < -0.39 is 0 Å². The fourth-order valence-electron chi connectivity index (χ4n) is 3.13. The van der Waals surface area contributed by atoms with Crippen LogP contribution in [0.3, 0.4) is 0 Å². The molecule has 6 heteroatoms. The summed E-state index contributed by atoms with van der Waals surface area (Å²) in [6.07, 6.45) is 1.54. The molecule has 0 aliphatic heterocycles. The average Bonchev–Trinajstić information content (AvgIpc) is 2.74. The van der Waals surface area contributed by atoms with Crippen molar-refractivity contribution in [1.82, 2.24) is 9.66 Å². The highest BCUT2D eigenvalue weighted by Crippen LogP contribution is 2.26. The van der Waals surface area contributed by atoms with Crippen LogP contribution in [0, 0.1) is 6.92 Å². The Morgan fingerprint density at radius 2 is 1.83 bits per heavy atom. The third-order valence-corrected chi connectivity index (χ3v) is 4.67. The lowest BCUT2D eigenvalue weighted by molar-refractivity contribution is 0.373. The maximum Gasteiger partial charge on any atom is 0.282 e. The molecule has 0 amide bonds. The van der Waals surface area contributed by atoms with Gasteiger partial charge in [0.1, 0.15) is 0 Å². The Balaban J connectivity index is 1.93. The van der Waals surface area contributed by atoms with Crippen LogP contribution in [0.5, 0.6) is 11.5 Å². The highest BCUT2D eigenvalue weighted by Gasteiger charge is 2.13. The topological polar surface area (TPSA) is 76.7 Å². The first-order chi connectivity index (χ1) is 14.1. The predicted octanol–water partition coefficient (Wildman–Crippen LogP) is 3.97. The van der Waals surface area contributed by atoms with Gasteiger partial charge in [-0.15, -0.1) is 0 Å². The molecule has 0 bridgehead atoms. The van der Waals surface area contributed by atoms with Gasteiger partial charge in [0, 0.05) is 5.56 Å². The summed E-state index contributed by atoms with van der Waals surface area (Å²) in [5.74, 6) is 0.834. The molecule has 29 heavy (non-hydrogen) atoms. The second-order valence-electron chi connectivity index (χ2n) is 6.56. The number of methoxy groups -OCH3 is 1. The number of fused-ring (bicyclic) bond motifs is 1. The summed E-state index contributed by atoms with van der Waals surface area (Å²) in [6.45, 7) is 1.97. The first kappa shape index (κ1) is 18.4. The van der Waals surface area contributed by atoms with Gasteiger partial charge < -0.3 is 9.84 Å². The molecule has 0 aliphatic rings. The fraction of sp³-hybridized carbons (Fsp3) is 0.0870. The molecule has 1 N–H and O–H groups in total. The summed E-state index contributed by atoms with van der Waals surface area (Å²) in [5.41, 5.74) is 2.86. The lowest BCUT2D eigenvalue weighted by Gasteiger charge is -2.11. The van der Waals surface area contributed by atoms with Gasteiger partial charge in [-0.2, -0.15) is 9.78 Å². The highest BCUT2D eigenvalue weighted by molar-refractivity contribution is 5.83. The van der Waals surface area contributed by atoms with Crippen LogP contribution in [0.25, 0.3) is 22.3 Å². The number of aromatic hydroxyl groups is 1. The standard InChI is InChI=1S/C23H19N3O3/c1-15-7-3-4-8-17(15)22-25-19-10-6-5-9-18(19)23(28)26(22)24-14-16-11-12-20(27)21(13-16)29-2/h3-14,27H,1-2H3. The van der Waals surface area contributed by atoms with Gasteiger partial charge in [-0.3, -0.25) is 4.79 Å². The van der Waals surface area contributed by atoms with E-state index in [4.69, 9.17) is 9.72 Å². The number of nitrogens with zero attached hydrogens (tertiary/aromatic N) is 3. The number of aromatic nitrogens is 2. The zero-order valence-corrected chi connectivity index (χ0v) is 16.0. The molecule has 1 heterocycles. The molecule has 0 fully saturated rings. The van der Waals surface area contributed by atoms with Crippen molar-refractivity contribution >= 4 is 17.1 Å². The molecule has 0 saturated carbocycles. The number of benzene rings is 3. The van der Waals surface area contributed by atoms with E-state index in [1.807, 2.05) is 43.3 Å². The quantitative estimate of drug-likeness (QED) is 0.539. The van der Waals surface area contributed by atoms with Gasteiger partial charge in [-0.25, -0.2) is 4.98 Å². The zero-order valence-electron chi connectivity index (χ0n) is 16.0. The van der Waals surface area contributed by atoms with E-state index in [2.05, 4.69) is 5.10 Å². The van der Waals surface area contributed by atoms with E-state index in [1.165, 1.54) is 17.9 Å². The number of hydrogen-bond acceptors (Lipinski definition) is 5. The molecule has 0 aliphatic carbocycles. The first-order valence-electron chi connectivity index (χ1n) is 9.07. The number of para-hydroxylation sites is 1. The Hall–Kier alpha value is -3.93. The summed E-state index contributed by atoms with van der Waals surface area (Å²) in [4.78, 5) is 17.9. The maximum absolute atomic E-state index is 13.2. The second-order valence-corrected chi connectivity index (χ2v) is 6.56. The molecule has 4 rings (SSSR count). The van der Waals surface area contributed by atoms with Crippen LogP contribution in [0.1, 0.15) is 11.1 Å². The number of ether oxygens (including phenoxy) is 1. The second kappa shape index (κ2) is 7.59. The van der Waals surface area contributed by atoms with Gasteiger partial charge in [0.2, 0.25) is 0 Å². The van der Waals surface area contributed by atoms with E-state index in [0.29, 0.717) is 28.0 Å². The van der Waals surface area contributed by atoms with E-state index >= 15 is 0 Å². The van der Waals surface area contributed by atoms with Crippen LogP contribution in [0.4, 0.5) is 0 Å². The molecule has 4 aromatic rings. The SMILES string of the molecule is COc1cc(C=Nn2c(-c3ccccc3C)nc3ccccc3c2=O)ccc1O. The minimum absolute atomic E-state index is 0.0368.